The van der Waals surface area contributed by atoms with Crippen LogP contribution in [-0.4, -0.2) is 16.0 Å². The molecular formula is C11H15F3N2. The molecule has 90 valence electrons. The minimum absolute atomic E-state index is 0.146. The van der Waals surface area contributed by atoms with Gasteiger partial charge in [0.05, 0.1) is 17.7 Å². The lowest BCUT2D eigenvalue weighted by atomic mass is 9.86. The molecule has 0 N–H and O–H groups in total. The van der Waals surface area contributed by atoms with E-state index in [9.17, 15) is 13.2 Å². The molecule has 5 heteroatoms. The second-order valence-electron chi connectivity index (χ2n) is 4.48. The lowest BCUT2D eigenvalue weighted by Crippen LogP contribution is -2.28. The van der Waals surface area contributed by atoms with Crippen molar-refractivity contribution in [2.24, 2.45) is 5.92 Å². The number of hydrogen-bond acceptors (Lipinski definition) is 1. The van der Waals surface area contributed by atoms with Crippen molar-refractivity contribution in [1.82, 2.24) is 9.78 Å². The first-order chi connectivity index (χ1) is 7.47. The van der Waals surface area contributed by atoms with Crippen molar-refractivity contribution in [2.45, 2.75) is 44.8 Å². The van der Waals surface area contributed by atoms with Crippen LogP contribution in [0.2, 0.25) is 0 Å². The van der Waals surface area contributed by atoms with E-state index in [1.807, 2.05) is 23.9 Å². The molecule has 0 aromatic carbocycles. The number of halogens is 3. The van der Waals surface area contributed by atoms with Crippen molar-refractivity contribution in [3.63, 3.8) is 0 Å². The van der Waals surface area contributed by atoms with E-state index in [1.165, 1.54) is 0 Å². The lowest BCUT2D eigenvalue weighted by molar-refractivity contribution is -0.183. The molecule has 1 aliphatic carbocycles. The van der Waals surface area contributed by atoms with Crippen molar-refractivity contribution in [2.75, 3.05) is 0 Å². The van der Waals surface area contributed by atoms with Crippen LogP contribution in [0.25, 0.3) is 0 Å². The molecule has 1 fully saturated rings. The summed E-state index contributed by atoms with van der Waals surface area (Å²) in [6, 6.07) is 2.03. The maximum absolute atomic E-state index is 12.5. The number of nitrogens with zero attached hydrogens (tertiary/aromatic N) is 2. The number of alkyl halides is 3. The van der Waals surface area contributed by atoms with Crippen LogP contribution in [0.4, 0.5) is 13.2 Å². The molecule has 2 rings (SSSR count). The van der Waals surface area contributed by atoms with Crippen LogP contribution >= 0.6 is 0 Å². The number of hydrogen-bond donors (Lipinski definition) is 0. The van der Waals surface area contributed by atoms with Crippen molar-refractivity contribution in [1.29, 1.82) is 0 Å². The molecule has 0 atom stereocenters. The maximum atomic E-state index is 12.5. The SMILES string of the molecule is Cc1ccn([C@H]2CC[C@H](C(F)(F)F)CC2)n1. The third kappa shape index (κ3) is 2.39. The summed E-state index contributed by atoms with van der Waals surface area (Å²) >= 11 is 0. The molecule has 16 heavy (non-hydrogen) atoms. The Bertz CT molecular complexity index is 348. The van der Waals surface area contributed by atoms with E-state index in [0.717, 1.165) is 5.69 Å². The first-order valence-electron chi connectivity index (χ1n) is 5.55. The molecule has 1 saturated carbocycles. The van der Waals surface area contributed by atoms with Gasteiger partial charge in [-0.2, -0.15) is 18.3 Å². The summed E-state index contributed by atoms with van der Waals surface area (Å²) in [4.78, 5) is 0. The Morgan fingerprint density at radius 3 is 2.31 bits per heavy atom. The minimum Gasteiger partial charge on any atom is -0.269 e. The smallest absolute Gasteiger partial charge is 0.269 e. The van der Waals surface area contributed by atoms with Gasteiger partial charge in [-0.05, 0) is 38.7 Å². The molecule has 0 radical (unpaired) electrons. The van der Waals surface area contributed by atoms with E-state index in [-0.39, 0.29) is 18.9 Å². The number of rotatable bonds is 1. The van der Waals surface area contributed by atoms with Gasteiger partial charge in [-0.15, -0.1) is 0 Å². The largest absolute Gasteiger partial charge is 0.391 e. The van der Waals surface area contributed by atoms with E-state index in [4.69, 9.17) is 0 Å². The fraction of sp³-hybridized carbons (Fsp3) is 0.727. The average molecular weight is 232 g/mol. The van der Waals surface area contributed by atoms with Crippen LogP contribution in [0.3, 0.4) is 0 Å². The second kappa shape index (κ2) is 4.11. The summed E-state index contributed by atoms with van der Waals surface area (Å²) in [5, 5.41) is 4.26. The topological polar surface area (TPSA) is 17.8 Å². The van der Waals surface area contributed by atoms with Crippen molar-refractivity contribution in [3.8, 4) is 0 Å². The number of aromatic nitrogens is 2. The predicted molar refractivity (Wildman–Crippen MR) is 54.0 cm³/mol. The number of aryl methyl sites for hydroxylation is 1. The molecule has 1 aliphatic rings. The first-order valence-corrected chi connectivity index (χ1v) is 5.55. The highest BCUT2D eigenvalue weighted by Crippen LogP contribution is 2.40. The fourth-order valence-corrected chi connectivity index (χ4v) is 2.30. The normalized spacial score (nSPS) is 27.0. The summed E-state index contributed by atoms with van der Waals surface area (Å²) in [5.74, 6) is -1.11. The zero-order valence-corrected chi connectivity index (χ0v) is 9.17. The molecular weight excluding hydrogens is 217 g/mol. The zero-order valence-electron chi connectivity index (χ0n) is 9.17. The molecule has 0 saturated heterocycles. The van der Waals surface area contributed by atoms with Crippen molar-refractivity contribution >= 4 is 0 Å². The van der Waals surface area contributed by atoms with Gasteiger partial charge >= 0.3 is 6.18 Å². The lowest BCUT2D eigenvalue weighted by Gasteiger charge is -2.29. The molecule has 0 amide bonds. The predicted octanol–water partition coefficient (Wildman–Crippen LogP) is 3.49. The van der Waals surface area contributed by atoms with Gasteiger partial charge in [-0.25, -0.2) is 0 Å². The second-order valence-corrected chi connectivity index (χ2v) is 4.48. The third-order valence-corrected chi connectivity index (χ3v) is 3.28. The zero-order chi connectivity index (χ0) is 11.8. The molecule has 0 aliphatic heterocycles. The van der Waals surface area contributed by atoms with Crippen LogP contribution in [0.15, 0.2) is 12.3 Å². The highest BCUT2D eigenvalue weighted by Gasteiger charge is 2.41. The highest BCUT2D eigenvalue weighted by molar-refractivity contribution is 4.96. The summed E-state index contributed by atoms with van der Waals surface area (Å²) < 4.78 is 39.2. The highest BCUT2D eigenvalue weighted by atomic mass is 19.4. The van der Waals surface area contributed by atoms with Crippen molar-refractivity contribution in [3.05, 3.63) is 18.0 Å². The van der Waals surface area contributed by atoms with Crippen LogP contribution in [0, 0.1) is 12.8 Å². The Labute approximate surface area is 92.4 Å². The molecule has 0 spiro atoms. The minimum atomic E-state index is -4.02. The van der Waals surface area contributed by atoms with Crippen LogP contribution < -0.4 is 0 Å². The molecule has 0 bridgehead atoms. The van der Waals surface area contributed by atoms with Gasteiger partial charge < -0.3 is 0 Å². The standard InChI is InChI=1S/C11H15F3N2/c1-8-6-7-16(15-8)10-4-2-9(3-5-10)11(12,13)14/h6-7,9-10H,2-5H2,1H3/t9-,10-. The van der Waals surface area contributed by atoms with Gasteiger partial charge in [-0.3, -0.25) is 4.68 Å². The Morgan fingerprint density at radius 2 is 1.88 bits per heavy atom. The quantitative estimate of drug-likeness (QED) is 0.724. The molecule has 2 nitrogen and oxygen atoms in total. The van der Waals surface area contributed by atoms with E-state index < -0.39 is 12.1 Å². The average Bonchev–Trinajstić information content (AvgIpc) is 2.64. The third-order valence-electron chi connectivity index (χ3n) is 3.28. The van der Waals surface area contributed by atoms with Gasteiger partial charge in [0.25, 0.3) is 0 Å². The first kappa shape index (κ1) is 11.5. The van der Waals surface area contributed by atoms with Crippen LogP contribution in [0.5, 0.6) is 0 Å². The monoisotopic (exact) mass is 232 g/mol. The maximum Gasteiger partial charge on any atom is 0.391 e. The van der Waals surface area contributed by atoms with Gasteiger partial charge in [0, 0.05) is 6.20 Å². The van der Waals surface area contributed by atoms with Gasteiger partial charge in [0.2, 0.25) is 0 Å². The van der Waals surface area contributed by atoms with Crippen molar-refractivity contribution < 1.29 is 13.2 Å². The Balaban J connectivity index is 1.95. The molecule has 1 heterocycles. The Morgan fingerprint density at radius 1 is 1.25 bits per heavy atom. The Kier molecular flexibility index (Phi) is 2.95. The van der Waals surface area contributed by atoms with Gasteiger partial charge in [-0.1, -0.05) is 0 Å². The molecule has 0 unspecified atom stereocenters. The van der Waals surface area contributed by atoms with E-state index in [2.05, 4.69) is 5.10 Å². The van der Waals surface area contributed by atoms with Gasteiger partial charge in [0.1, 0.15) is 0 Å². The summed E-state index contributed by atoms with van der Waals surface area (Å²) in [7, 11) is 0. The molecule has 1 aromatic heterocycles. The summed E-state index contributed by atoms with van der Waals surface area (Å²) in [6.07, 6.45) is -0.560. The van der Waals surface area contributed by atoms with Crippen LogP contribution in [-0.2, 0) is 0 Å². The molecule has 1 aromatic rings. The fourth-order valence-electron chi connectivity index (χ4n) is 2.30. The Hall–Kier alpha value is -1.00. The van der Waals surface area contributed by atoms with E-state index >= 15 is 0 Å². The summed E-state index contributed by atoms with van der Waals surface area (Å²) in [6.45, 7) is 1.89. The van der Waals surface area contributed by atoms with E-state index in [0.29, 0.717) is 12.8 Å². The van der Waals surface area contributed by atoms with E-state index in [1.54, 1.807) is 0 Å². The van der Waals surface area contributed by atoms with Gasteiger partial charge in [0.15, 0.2) is 0 Å². The van der Waals surface area contributed by atoms with Crippen LogP contribution in [0.1, 0.15) is 37.4 Å². The summed E-state index contributed by atoms with van der Waals surface area (Å²) in [5.41, 5.74) is 0.915.